The molecule has 0 fully saturated rings. The Labute approximate surface area is 139 Å². The summed E-state index contributed by atoms with van der Waals surface area (Å²) in [5, 5.41) is 13.7. The summed E-state index contributed by atoms with van der Waals surface area (Å²) >= 11 is 13.5. The summed E-state index contributed by atoms with van der Waals surface area (Å²) in [7, 11) is 0. The Kier molecular flexibility index (Phi) is 4.79. The number of nitrogens with zero attached hydrogens (tertiary/aromatic N) is 1. The van der Waals surface area contributed by atoms with Crippen LogP contribution in [0.5, 0.6) is 0 Å². The molecule has 5 nitrogen and oxygen atoms in total. The molecule has 104 valence electrons. The van der Waals surface area contributed by atoms with Crippen molar-refractivity contribution in [3.63, 3.8) is 0 Å². The van der Waals surface area contributed by atoms with Gasteiger partial charge in [0.05, 0.1) is 13.6 Å². The SMILES string of the molecule is O=C(Nc1ccc(Cl)cc1[N+](=O)[O-])c1cc(Br)c(Br)s1. The van der Waals surface area contributed by atoms with Gasteiger partial charge in [-0.3, -0.25) is 14.9 Å². The molecule has 0 saturated heterocycles. The Hall–Kier alpha value is -0.960. The fourth-order valence-corrected chi connectivity index (χ4v) is 3.50. The minimum Gasteiger partial charge on any atom is -0.316 e. The van der Waals surface area contributed by atoms with Crippen LogP contribution in [0.2, 0.25) is 5.02 Å². The van der Waals surface area contributed by atoms with Gasteiger partial charge < -0.3 is 5.32 Å². The minimum atomic E-state index is -0.595. The predicted octanol–water partition coefficient (Wildman–Crippen LogP) is 5.09. The smallest absolute Gasteiger partial charge is 0.294 e. The van der Waals surface area contributed by atoms with Crippen LogP contribution in [0.25, 0.3) is 0 Å². The van der Waals surface area contributed by atoms with Crippen molar-refractivity contribution in [2.45, 2.75) is 0 Å². The van der Waals surface area contributed by atoms with Crippen LogP contribution in [0.1, 0.15) is 9.67 Å². The van der Waals surface area contributed by atoms with Crippen molar-refractivity contribution in [2.75, 3.05) is 5.32 Å². The topological polar surface area (TPSA) is 72.2 Å². The number of nitro benzene ring substituents is 1. The summed E-state index contributed by atoms with van der Waals surface area (Å²) < 4.78 is 1.52. The van der Waals surface area contributed by atoms with Crippen molar-refractivity contribution in [3.05, 3.63) is 52.5 Å². The maximum absolute atomic E-state index is 12.0. The summed E-state index contributed by atoms with van der Waals surface area (Å²) in [6.07, 6.45) is 0. The van der Waals surface area contributed by atoms with Crippen molar-refractivity contribution < 1.29 is 9.72 Å². The number of carbonyl (C=O) groups is 1. The van der Waals surface area contributed by atoms with Crippen LogP contribution in [0.15, 0.2) is 32.5 Å². The molecule has 1 aromatic heterocycles. The summed E-state index contributed by atoms with van der Waals surface area (Å²) in [5.74, 6) is -0.424. The Morgan fingerprint density at radius 2 is 2.05 bits per heavy atom. The van der Waals surface area contributed by atoms with Gasteiger partial charge in [-0.05, 0) is 50.1 Å². The maximum Gasteiger partial charge on any atom is 0.294 e. The summed E-state index contributed by atoms with van der Waals surface area (Å²) in [4.78, 5) is 22.8. The third-order valence-electron chi connectivity index (χ3n) is 2.27. The number of halogens is 3. The molecule has 2 rings (SSSR count). The fraction of sp³-hybridized carbons (Fsp3) is 0. The first-order valence-corrected chi connectivity index (χ1v) is 7.86. The number of thiophene rings is 1. The van der Waals surface area contributed by atoms with Crippen LogP contribution in [0.4, 0.5) is 11.4 Å². The van der Waals surface area contributed by atoms with Crippen LogP contribution in [-0.2, 0) is 0 Å². The number of benzene rings is 1. The Balaban J connectivity index is 2.30. The van der Waals surface area contributed by atoms with Gasteiger partial charge >= 0.3 is 0 Å². The van der Waals surface area contributed by atoms with Gasteiger partial charge in [0.1, 0.15) is 5.69 Å². The van der Waals surface area contributed by atoms with E-state index in [0.29, 0.717) is 4.88 Å². The monoisotopic (exact) mass is 438 g/mol. The van der Waals surface area contributed by atoms with E-state index in [4.69, 9.17) is 11.6 Å². The molecule has 0 aliphatic heterocycles. The lowest BCUT2D eigenvalue weighted by Crippen LogP contribution is -2.11. The Morgan fingerprint density at radius 1 is 1.35 bits per heavy atom. The first-order chi connectivity index (χ1) is 9.38. The van der Waals surface area contributed by atoms with Gasteiger partial charge in [-0.2, -0.15) is 0 Å². The second-order valence-corrected chi connectivity index (χ2v) is 7.27. The zero-order chi connectivity index (χ0) is 14.9. The molecule has 0 saturated carbocycles. The van der Waals surface area contributed by atoms with E-state index in [9.17, 15) is 14.9 Å². The third kappa shape index (κ3) is 3.38. The van der Waals surface area contributed by atoms with E-state index in [1.54, 1.807) is 6.07 Å². The molecule has 0 aliphatic rings. The summed E-state index contributed by atoms with van der Waals surface area (Å²) in [6.45, 7) is 0. The van der Waals surface area contributed by atoms with Gasteiger partial charge in [0.15, 0.2) is 0 Å². The van der Waals surface area contributed by atoms with Gasteiger partial charge in [-0.1, -0.05) is 11.6 Å². The number of nitrogens with one attached hydrogen (secondary N) is 1. The van der Waals surface area contributed by atoms with Crippen molar-refractivity contribution >= 4 is 72.1 Å². The van der Waals surface area contributed by atoms with E-state index in [2.05, 4.69) is 37.2 Å². The number of hydrogen-bond acceptors (Lipinski definition) is 4. The number of amides is 1. The number of anilines is 1. The van der Waals surface area contributed by atoms with Crippen LogP contribution in [0, 0.1) is 10.1 Å². The molecule has 0 bridgehead atoms. The molecular weight excluding hydrogens is 435 g/mol. The van der Waals surface area contributed by atoms with E-state index in [0.717, 1.165) is 8.26 Å². The fourth-order valence-electron chi connectivity index (χ4n) is 1.40. The third-order valence-corrected chi connectivity index (χ3v) is 5.76. The average Bonchev–Trinajstić information content (AvgIpc) is 2.71. The van der Waals surface area contributed by atoms with Gasteiger partial charge in [0, 0.05) is 15.6 Å². The normalized spacial score (nSPS) is 10.3. The second kappa shape index (κ2) is 6.21. The Bertz CT molecular complexity index is 685. The lowest BCUT2D eigenvalue weighted by Gasteiger charge is -2.04. The Morgan fingerprint density at radius 3 is 2.60 bits per heavy atom. The standard InChI is InChI=1S/C11H5Br2ClN2O3S/c12-6-4-9(20-10(6)13)11(17)15-7-2-1-5(14)3-8(7)16(18)19/h1-4H,(H,15,17). The highest BCUT2D eigenvalue weighted by molar-refractivity contribution is 9.13. The molecule has 0 atom stereocenters. The molecule has 1 aromatic carbocycles. The first-order valence-electron chi connectivity index (χ1n) is 5.08. The lowest BCUT2D eigenvalue weighted by atomic mass is 10.2. The summed E-state index contributed by atoms with van der Waals surface area (Å²) in [6, 6.07) is 5.70. The highest BCUT2D eigenvalue weighted by Gasteiger charge is 2.19. The van der Waals surface area contributed by atoms with Gasteiger partial charge in [-0.25, -0.2) is 0 Å². The number of hydrogen-bond donors (Lipinski definition) is 1. The molecule has 20 heavy (non-hydrogen) atoms. The van der Waals surface area contributed by atoms with Gasteiger partial charge in [0.25, 0.3) is 11.6 Å². The molecule has 1 heterocycles. The number of rotatable bonds is 3. The highest BCUT2D eigenvalue weighted by atomic mass is 79.9. The van der Waals surface area contributed by atoms with E-state index >= 15 is 0 Å². The van der Waals surface area contributed by atoms with E-state index < -0.39 is 10.8 Å². The molecule has 1 N–H and O–H groups in total. The van der Waals surface area contributed by atoms with Crippen molar-refractivity contribution in [3.8, 4) is 0 Å². The molecular formula is C11H5Br2ClN2O3S. The zero-order valence-electron chi connectivity index (χ0n) is 9.52. The van der Waals surface area contributed by atoms with E-state index in [1.807, 2.05) is 0 Å². The molecule has 0 radical (unpaired) electrons. The van der Waals surface area contributed by atoms with E-state index in [1.165, 1.54) is 29.5 Å². The number of nitro groups is 1. The van der Waals surface area contributed by atoms with Crippen LogP contribution < -0.4 is 5.32 Å². The largest absolute Gasteiger partial charge is 0.316 e. The zero-order valence-corrected chi connectivity index (χ0v) is 14.3. The lowest BCUT2D eigenvalue weighted by molar-refractivity contribution is -0.383. The highest BCUT2D eigenvalue weighted by Crippen LogP contribution is 2.34. The van der Waals surface area contributed by atoms with Gasteiger partial charge in [-0.15, -0.1) is 11.3 Å². The first kappa shape index (κ1) is 15.4. The van der Waals surface area contributed by atoms with Crippen LogP contribution in [0.3, 0.4) is 0 Å². The van der Waals surface area contributed by atoms with Crippen molar-refractivity contribution in [1.29, 1.82) is 0 Å². The molecule has 0 unspecified atom stereocenters. The molecule has 1 amide bonds. The molecule has 9 heteroatoms. The number of carbonyl (C=O) groups excluding carboxylic acids is 1. The van der Waals surface area contributed by atoms with Crippen LogP contribution >= 0.6 is 54.8 Å². The molecule has 0 spiro atoms. The molecule has 0 aliphatic carbocycles. The predicted molar refractivity (Wildman–Crippen MR) is 85.8 cm³/mol. The van der Waals surface area contributed by atoms with Crippen molar-refractivity contribution in [1.82, 2.24) is 0 Å². The second-order valence-electron chi connectivity index (χ2n) is 3.60. The minimum absolute atomic E-state index is 0.102. The van der Waals surface area contributed by atoms with Crippen molar-refractivity contribution in [2.24, 2.45) is 0 Å². The van der Waals surface area contributed by atoms with E-state index in [-0.39, 0.29) is 16.4 Å². The molecule has 2 aromatic rings. The maximum atomic E-state index is 12.0. The van der Waals surface area contributed by atoms with Gasteiger partial charge in [0.2, 0.25) is 0 Å². The average molecular weight is 440 g/mol. The van der Waals surface area contributed by atoms with Crippen LogP contribution in [-0.4, -0.2) is 10.8 Å². The quantitative estimate of drug-likeness (QED) is 0.534. The summed E-state index contributed by atoms with van der Waals surface area (Å²) in [5.41, 5.74) is -0.148.